The van der Waals surface area contributed by atoms with Gasteiger partial charge in [0.05, 0.1) is 11.4 Å². The van der Waals surface area contributed by atoms with Gasteiger partial charge in [0, 0.05) is 12.7 Å². The van der Waals surface area contributed by atoms with Gasteiger partial charge < -0.3 is 25.6 Å². The summed E-state index contributed by atoms with van der Waals surface area (Å²) in [6.45, 7) is 12.5. The van der Waals surface area contributed by atoms with E-state index in [2.05, 4.69) is 46.5 Å². The van der Waals surface area contributed by atoms with Crippen molar-refractivity contribution < 1.29 is 9.53 Å². The van der Waals surface area contributed by atoms with Gasteiger partial charge in [0.15, 0.2) is 5.88 Å². The Bertz CT molecular complexity index is 873. The molecule has 0 spiro atoms. The number of nitrogens with one attached hydrogen (secondary N) is 3. The zero-order chi connectivity index (χ0) is 23.6. The molecule has 2 aromatic rings. The van der Waals surface area contributed by atoms with Crippen molar-refractivity contribution in [3.63, 3.8) is 0 Å². The molecule has 0 saturated heterocycles. The number of nitrogens with zero attached hydrogens (tertiary/aromatic N) is 2. The summed E-state index contributed by atoms with van der Waals surface area (Å²) in [4.78, 5) is 19.2. The molecule has 7 nitrogen and oxygen atoms in total. The molecule has 1 heterocycles. The number of ether oxygens (including phenoxy) is 1. The summed E-state index contributed by atoms with van der Waals surface area (Å²) in [5, 5.41) is 9.44. The molecule has 0 atom stereocenters. The van der Waals surface area contributed by atoms with Crippen LogP contribution in [-0.2, 0) is 11.3 Å². The maximum Gasteiger partial charge on any atom is 0.274 e. The summed E-state index contributed by atoms with van der Waals surface area (Å²) in [7, 11) is 4.17. The van der Waals surface area contributed by atoms with Crippen molar-refractivity contribution in [1.82, 2.24) is 15.2 Å². The molecule has 1 aromatic heterocycles. The van der Waals surface area contributed by atoms with E-state index in [0.717, 1.165) is 31.6 Å². The summed E-state index contributed by atoms with van der Waals surface area (Å²) < 4.78 is 5.72. The van der Waals surface area contributed by atoms with Crippen molar-refractivity contribution >= 4 is 17.3 Å². The van der Waals surface area contributed by atoms with Crippen molar-refractivity contribution in [3.05, 3.63) is 66.3 Å². The first-order valence-corrected chi connectivity index (χ1v) is 11.0. The number of hydrogen-bond acceptors (Lipinski definition) is 6. The highest BCUT2D eigenvalue weighted by Crippen LogP contribution is 2.24. The highest BCUT2D eigenvalue weighted by molar-refractivity contribution is 6.04. The van der Waals surface area contributed by atoms with Crippen LogP contribution in [0.1, 0.15) is 49.7 Å². The lowest BCUT2D eigenvalue weighted by Gasteiger charge is -2.24. The minimum absolute atomic E-state index is 0.273. The van der Waals surface area contributed by atoms with Crippen molar-refractivity contribution in [2.45, 2.75) is 45.8 Å². The van der Waals surface area contributed by atoms with E-state index < -0.39 is 0 Å². The second-order valence-corrected chi connectivity index (χ2v) is 9.00. The van der Waals surface area contributed by atoms with E-state index in [-0.39, 0.29) is 11.5 Å². The summed E-state index contributed by atoms with van der Waals surface area (Å²) in [6.07, 6.45) is 4.04. The number of hydrogen-bond donors (Lipinski definition) is 3. The van der Waals surface area contributed by atoms with Gasteiger partial charge >= 0.3 is 0 Å². The van der Waals surface area contributed by atoms with Crippen LogP contribution in [0.5, 0.6) is 0 Å². The molecule has 1 amide bonds. The van der Waals surface area contributed by atoms with E-state index in [0.29, 0.717) is 23.0 Å². The molecule has 0 aliphatic carbocycles. The minimum Gasteiger partial charge on any atom is -0.474 e. The SMILES string of the molecule is C=C(Nc1ccccc1NC(=O)c1ccc(CNCCCCN(C)C)cn1)OC(C)(C)C. The van der Waals surface area contributed by atoms with Crippen LogP contribution in [0.2, 0.25) is 0 Å². The lowest BCUT2D eigenvalue weighted by molar-refractivity contribution is 0.0565. The topological polar surface area (TPSA) is 78.5 Å². The predicted molar refractivity (Wildman–Crippen MR) is 132 cm³/mol. The zero-order valence-corrected chi connectivity index (χ0v) is 20.0. The van der Waals surface area contributed by atoms with Crippen LogP contribution < -0.4 is 16.0 Å². The molecule has 0 radical (unpaired) electrons. The Balaban J connectivity index is 1.88. The van der Waals surface area contributed by atoms with Gasteiger partial charge in [0.2, 0.25) is 0 Å². The summed E-state index contributed by atoms with van der Waals surface area (Å²) >= 11 is 0. The monoisotopic (exact) mass is 439 g/mol. The van der Waals surface area contributed by atoms with Crippen molar-refractivity contribution in [2.75, 3.05) is 37.8 Å². The first-order valence-electron chi connectivity index (χ1n) is 11.0. The second-order valence-electron chi connectivity index (χ2n) is 9.00. The Hall–Kier alpha value is -2.90. The van der Waals surface area contributed by atoms with Crippen LogP contribution in [0.3, 0.4) is 0 Å². The lowest BCUT2D eigenvalue weighted by Crippen LogP contribution is -2.22. The number of aromatic nitrogens is 1. The number of pyridine rings is 1. The van der Waals surface area contributed by atoms with E-state index >= 15 is 0 Å². The number of carbonyl (C=O) groups excluding carboxylic acids is 1. The molecule has 0 unspecified atom stereocenters. The first kappa shape index (κ1) is 25.4. The lowest BCUT2D eigenvalue weighted by atomic mass is 10.2. The Kier molecular flexibility index (Phi) is 9.68. The average molecular weight is 440 g/mol. The third-order valence-electron chi connectivity index (χ3n) is 4.47. The normalized spacial score (nSPS) is 11.3. The molecule has 2 rings (SSSR count). The summed E-state index contributed by atoms with van der Waals surface area (Å²) in [6, 6.07) is 11.1. The molecular weight excluding hydrogens is 402 g/mol. The average Bonchev–Trinajstić information content (AvgIpc) is 2.71. The van der Waals surface area contributed by atoms with Gasteiger partial charge in [-0.25, -0.2) is 0 Å². The third kappa shape index (κ3) is 9.49. The smallest absolute Gasteiger partial charge is 0.274 e. The van der Waals surface area contributed by atoms with Crippen molar-refractivity contribution in [3.8, 4) is 0 Å². The summed E-state index contributed by atoms with van der Waals surface area (Å²) in [5.74, 6) is 0.140. The Morgan fingerprint density at radius 2 is 1.75 bits per heavy atom. The predicted octanol–water partition coefficient (Wildman–Crippen LogP) is 4.46. The largest absolute Gasteiger partial charge is 0.474 e. The van der Waals surface area contributed by atoms with Crippen LogP contribution in [-0.4, -0.2) is 48.6 Å². The number of anilines is 2. The van der Waals surface area contributed by atoms with Gasteiger partial charge in [-0.3, -0.25) is 9.78 Å². The maximum atomic E-state index is 12.7. The number of para-hydroxylation sites is 2. The fourth-order valence-electron chi connectivity index (χ4n) is 3.01. The van der Waals surface area contributed by atoms with Crippen molar-refractivity contribution in [2.24, 2.45) is 0 Å². The van der Waals surface area contributed by atoms with Gasteiger partial charge in [-0.2, -0.15) is 0 Å². The molecule has 0 aliphatic rings. The van der Waals surface area contributed by atoms with E-state index in [1.54, 1.807) is 12.3 Å². The van der Waals surface area contributed by atoms with Crippen LogP contribution in [0.15, 0.2) is 55.1 Å². The van der Waals surface area contributed by atoms with E-state index in [1.807, 2.05) is 51.1 Å². The van der Waals surface area contributed by atoms with Crippen LogP contribution in [0.4, 0.5) is 11.4 Å². The Labute approximate surface area is 192 Å². The van der Waals surface area contributed by atoms with Gasteiger partial charge in [0.1, 0.15) is 11.3 Å². The van der Waals surface area contributed by atoms with Crippen LogP contribution in [0, 0.1) is 0 Å². The quantitative estimate of drug-likeness (QED) is 0.335. The fourth-order valence-corrected chi connectivity index (χ4v) is 3.01. The molecule has 0 saturated carbocycles. The van der Waals surface area contributed by atoms with E-state index in [4.69, 9.17) is 4.74 Å². The highest BCUT2D eigenvalue weighted by Gasteiger charge is 2.15. The molecule has 3 N–H and O–H groups in total. The fraction of sp³-hybridized carbons (Fsp3) is 0.440. The van der Waals surface area contributed by atoms with Gasteiger partial charge in [-0.15, -0.1) is 0 Å². The minimum atomic E-state index is -0.366. The molecule has 0 fully saturated rings. The van der Waals surface area contributed by atoms with Crippen LogP contribution in [0.25, 0.3) is 0 Å². The maximum absolute atomic E-state index is 12.7. The molecule has 0 aliphatic heterocycles. The highest BCUT2D eigenvalue weighted by atomic mass is 16.5. The van der Waals surface area contributed by atoms with Crippen molar-refractivity contribution in [1.29, 1.82) is 0 Å². The third-order valence-corrected chi connectivity index (χ3v) is 4.47. The standard InChI is InChI=1S/C25H37N5O2/c1-19(32-25(2,3)4)28-21-11-7-8-12-22(21)29-24(31)23-14-13-20(18-27-23)17-26-15-9-10-16-30(5)6/h7-8,11-14,18,26,28H,1,9-10,15-17H2,2-6H3,(H,29,31). The molecule has 0 bridgehead atoms. The van der Waals surface area contributed by atoms with Gasteiger partial charge in [0.25, 0.3) is 5.91 Å². The number of unbranched alkanes of at least 4 members (excludes halogenated alkanes) is 1. The number of carbonyl (C=O) groups is 1. The van der Waals surface area contributed by atoms with Gasteiger partial charge in [-0.05, 0) is 91.1 Å². The number of benzene rings is 1. The second kappa shape index (κ2) is 12.2. The first-order chi connectivity index (χ1) is 15.1. The molecule has 32 heavy (non-hydrogen) atoms. The molecule has 174 valence electrons. The molecule has 7 heteroatoms. The number of amides is 1. The molecular formula is C25H37N5O2. The number of rotatable bonds is 12. The Morgan fingerprint density at radius 1 is 1.06 bits per heavy atom. The zero-order valence-electron chi connectivity index (χ0n) is 20.0. The van der Waals surface area contributed by atoms with E-state index in [9.17, 15) is 4.79 Å². The van der Waals surface area contributed by atoms with E-state index in [1.165, 1.54) is 6.42 Å². The van der Waals surface area contributed by atoms with Gasteiger partial charge in [-0.1, -0.05) is 18.2 Å². The van der Waals surface area contributed by atoms with Crippen LogP contribution >= 0.6 is 0 Å². The molecule has 1 aromatic carbocycles. The summed E-state index contributed by atoms with van der Waals surface area (Å²) in [5.41, 5.74) is 2.37. The Morgan fingerprint density at radius 3 is 2.34 bits per heavy atom.